The van der Waals surface area contributed by atoms with Gasteiger partial charge in [-0.15, -0.1) is 0 Å². The number of amides is 2. The minimum Gasteiger partial charge on any atom is -0.365 e. The number of benzene rings is 2. The van der Waals surface area contributed by atoms with E-state index in [1.165, 1.54) is 0 Å². The van der Waals surface area contributed by atoms with E-state index in [0.29, 0.717) is 53.9 Å². The Labute approximate surface area is 179 Å². The first-order valence-corrected chi connectivity index (χ1v) is 10.1. The van der Waals surface area contributed by atoms with Gasteiger partial charge in [-0.3, -0.25) is 9.59 Å². The Kier molecular flexibility index (Phi) is 6.70. The number of nitrogens with zero attached hydrogens (tertiary/aromatic N) is 2. The molecule has 1 fully saturated rings. The second-order valence-corrected chi connectivity index (χ2v) is 7.61. The van der Waals surface area contributed by atoms with Gasteiger partial charge in [0.2, 0.25) is 5.91 Å². The van der Waals surface area contributed by atoms with E-state index in [4.69, 9.17) is 34.8 Å². The predicted octanol–water partition coefficient (Wildman–Crippen LogP) is 4.96. The summed E-state index contributed by atoms with van der Waals surface area (Å²) in [5, 5.41) is 3.94. The lowest BCUT2D eigenvalue weighted by Crippen LogP contribution is -2.48. The van der Waals surface area contributed by atoms with Gasteiger partial charge in [0.1, 0.15) is 0 Å². The Morgan fingerprint density at radius 2 is 1.61 bits per heavy atom. The Bertz CT molecular complexity index is 896. The summed E-state index contributed by atoms with van der Waals surface area (Å²) < 4.78 is 0. The molecule has 0 unspecified atom stereocenters. The van der Waals surface area contributed by atoms with Crippen molar-refractivity contribution < 1.29 is 9.59 Å². The van der Waals surface area contributed by atoms with Crippen LogP contribution in [0.15, 0.2) is 36.4 Å². The number of piperazine rings is 1. The maximum atomic E-state index is 12.7. The summed E-state index contributed by atoms with van der Waals surface area (Å²) in [5.74, 6) is -0.223. The molecule has 1 saturated heterocycles. The molecule has 0 spiro atoms. The lowest BCUT2D eigenvalue weighted by Gasteiger charge is -2.37. The van der Waals surface area contributed by atoms with Crippen molar-refractivity contribution in [1.29, 1.82) is 0 Å². The van der Waals surface area contributed by atoms with Gasteiger partial charge in [-0.1, -0.05) is 53.9 Å². The Morgan fingerprint density at radius 1 is 0.964 bits per heavy atom. The summed E-state index contributed by atoms with van der Waals surface area (Å²) >= 11 is 18.6. The van der Waals surface area contributed by atoms with E-state index in [9.17, 15) is 9.59 Å². The smallest absolute Gasteiger partial charge is 0.257 e. The van der Waals surface area contributed by atoms with Crippen molar-refractivity contribution >= 4 is 58.0 Å². The third-order valence-corrected chi connectivity index (χ3v) is 5.81. The van der Waals surface area contributed by atoms with Gasteiger partial charge in [0.05, 0.1) is 32.0 Å². The lowest BCUT2D eigenvalue weighted by molar-refractivity contribution is -0.131. The molecule has 1 aliphatic heterocycles. The number of hydrogen-bond acceptors (Lipinski definition) is 3. The van der Waals surface area contributed by atoms with Crippen LogP contribution in [0.4, 0.5) is 11.4 Å². The van der Waals surface area contributed by atoms with Crippen LogP contribution < -0.4 is 10.2 Å². The Balaban J connectivity index is 1.82. The highest BCUT2D eigenvalue weighted by molar-refractivity contribution is 6.44. The molecule has 0 atom stereocenters. The average Bonchev–Trinajstić information content (AvgIpc) is 2.69. The number of hydrogen-bond donors (Lipinski definition) is 1. The summed E-state index contributed by atoms with van der Waals surface area (Å²) in [5.41, 5.74) is 1.61. The van der Waals surface area contributed by atoms with E-state index < -0.39 is 0 Å². The molecule has 2 amide bonds. The van der Waals surface area contributed by atoms with Crippen molar-refractivity contribution in [2.45, 2.75) is 13.3 Å². The van der Waals surface area contributed by atoms with Crippen molar-refractivity contribution in [2.24, 2.45) is 0 Å². The van der Waals surface area contributed by atoms with E-state index in [0.717, 1.165) is 5.69 Å². The largest absolute Gasteiger partial charge is 0.365 e. The number of carbonyl (C=O) groups excluding carboxylic acids is 2. The van der Waals surface area contributed by atoms with Crippen molar-refractivity contribution in [3.8, 4) is 0 Å². The Hall–Kier alpha value is -1.95. The molecule has 0 aromatic heterocycles. The first-order valence-electron chi connectivity index (χ1n) is 8.99. The number of rotatable bonds is 4. The molecule has 2 aromatic carbocycles. The predicted molar refractivity (Wildman–Crippen MR) is 115 cm³/mol. The fourth-order valence-electron chi connectivity index (χ4n) is 3.21. The minimum absolute atomic E-state index is 0.142. The highest BCUT2D eigenvalue weighted by atomic mass is 35.5. The maximum absolute atomic E-state index is 12.7. The molecule has 0 saturated carbocycles. The molecule has 5 nitrogen and oxygen atoms in total. The molecular weight excluding hydrogens is 421 g/mol. The molecular formula is C20H20Cl3N3O2. The van der Waals surface area contributed by atoms with Crippen LogP contribution >= 0.6 is 34.8 Å². The standard InChI is InChI=1S/C20H20Cl3N3O2/c1-2-17(27)25-9-11-26(12-10-25)19-15(22)7-4-8-16(19)24-20(28)13-5-3-6-14(21)18(13)23/h3-8H,2,9-12H2,1H3,(H,24,28). The van der Waals surface area contributed by atoms with Crippen molar-refractivity contribution in [1.82, 2.24) is 4.90 Å². The summed E-state index contributed by atoms with van der Waals surface area (Å²) in [6.07, 6.45) is 0.494. The number of nitrogens with one attached hydrogen (secondary N) is 1. The molecule has 3 rings (SSSR count). The zero-order valence-electron chi connectivity index (χ0n) is 15.3. The molecule has 28 heavy (non-hydrogen) atoms. The van der Waals surface area contributed by atoms with E-state index in [1.807, 2.05) is 11.8 Å². The minimum atomic E-state index is -0.365. The summed E-state index contributed by atoms with van der Waals surface area (Å²) in [4.78, 5) is 28.6. The van der Waals surface area contributed by atoms with Gasteiger partial charge in [0.15, 0.2) is 0 Å². The van der Waals surface area contributed by atoms with E-state index >= 15 is 0 Å². The summed E-state index contributed by atoms with van der Waals surface area (Å²) in [7, 11) is 0. The van der Waals surface area contributed by atoms with Crippen molar-refractivity contribution in [3.05, 3.63) is 57.0 Å². The third-order valence-electron chi connectivity index (χ3n) is 4.68. The molecule has 1 heterocycles. The quantitative estimate of drug-likeness (QED) is 0.731. The van der Waals surface area contributed by atoms with Gasteiger partial charge in [0, 0.05) is 32.6 Å². The highest BCUT2D eigenvalue weighted by Gasteiger charge is 2.24. The third kappa shape index (κ3) is 4.37. The van der Waals surface area contributed by atoms with Crippen LogP contribution in [0.3, 0.4) is 0 Å². The summed E-state index contributed by atoms with van der Waals surface area (Å²) in [6.45, 7) is 4.36. The number of para-hydroxylation sites is 1. The van der Waals surface area contributed by atoms with E-state index in [1.54, 1.807) is 36.4 Å². The van der Waals surface area contributed by atoms with Gasteiger partial charge in [-0.05, 0) is 24.3 Å². The highest BCUT2D eigenvalue weighted by Crippen LogP contribution is 2.35. The maximum Gasteiger partial charge on any atom is 0.257 e. The van der Waals surface area contributed by atoms with Gasteiger partial charge in [-0.2, -0.15) is 0 Å². The average molecular weight is 441 g/mol. The van der Waals surface area contributed by atoms with Crippen molar-refractivity contribution in [2.75, 3.05) is 36.4 Å². The lowest BCUT2D eigenvalue weighted by atomic mass is 10.1. The first kappa shape index (κ1) is 20.8. The second kappa shape index (κ2) is 9.03. The topological polar surface area (TPSA) is 52.7 Å². The number of anilines is 2. The van der Waals surface area contributed by atoms with Crippen LogP contribution in [-0.4, -0.2) is 42.9 Å². The number of carbonyl (C=O) groups is 2. The SMILES string of the molecule is CCC(=O)N1CCN(c2c(Cl)cccc2NC(=O)c2cccc(Cl)c2Cl)CC1. The first-order chi connectivity index (χ1) is 13.4. The zero-order valence-corrected chi connectivity index (χ0v) is 17.6. The van der Waals surface area contributed by atoms with Gasteiger partial charge in [-0.25, -0.2) is 0 Å². The molecule has 0 bridgehead atoms. The zero-order chi connectivity index (χ0) is 20.3. The van der Waals surface area contributed by atoms with Crippen LogP contribution in [-0.2, 0) is 4.79 Å². The van der Waals surface area contributed by atoms with Crippen LogP contribution in [0.25, 0.3) is 0 Å². The van der Waals surface area contributed by atoms with E-state index in [2.05, 4.69) is 10.2 Å². The van der Waals surface area contributed by atoms with Crippen LogP contribution in [0, 0.1) is 0 Å². The van der Waals surface area contributed by atoms with Crippen LogP contribution in [0.2, 0.25) is 15.1 Å². The fraction of sp³-hybridized carbons (Fsp3) is 0.300. The van der Waals surface area contributed by atoms with Crippen molar-refractivity contribution in [3.63, 3.8) is 0 Å². The summed E-state index contributed by atoms with van der Waals surface area (Å²) in [6, 6.07) is 10.3. The van der Waals surface area contributed by atoms with E-state index in [-0.39, 0.29) is 16.8 Å². The van der Waals surface area contributed by atoms with Gasteiger partial charge in [0.25, 0.3) is 5.91 Å². The molecule has 0 radical (unpaired) electrons. The van der Waals surface area contributed by atoms with Crippen LogP contribution in [0.1, 0.15) is 23.7 Å². The monoisotopic (exact) mass is 439 g/mol. The van der Waals surface area contributed by atoms with Gasteiger partial charge < -0.3 is 15.1 Å². The normalized spacial score (nSPS) is 14.1. The molecule has 148 valence electrons. The van der Waals surface area contributed by atoms with Crippen LogP contribution in [0.5, 0.6) is 0 Å². The molecule has 1 aliphatic rings. The van der Waals surface area contributed by atoms with Gasteiger partial charge >= 0.3 is 0 Å². The molecule has 2 aromatic rings. The molecule has 8 heteroatoms. The fourth-order valence-corrected chi connectivity index (χ4v) is 3.89. The Morgan fingerprint density at radius 3 is 2.29 bits per heavy atom. The number of halogens is 3. The molecule has 0 aliphatic carbocycles. The molecule has 1 N–H and O–H groups in total. The second-order valence-electron chi connectivity index (χ2n) is 6.41.